The van der Waals surface area contributed by atoms with Crippen LogP contribution in [0, 0.1) is 34.5 Å². The molecular weight excluding hydrogens is 418 g/mol. The standard InChI is InChI=1S/C27H39NO3S/c1-17(24(29)25-28-13-14-32-25)21-7-8-22-20-6-5-18-15-19(31-16-30-4)9-11-26(18,2)23(20)10-12-27(21,22)3/h5,7,13-14,17,19-20,22-24,29H,6,8-12,15-16H2,1-4H3/t17-,19-,20-,22-,23-,24+,26-,27+/m0/s1. The first-order valence-electron chi connectivity index (χ1n) is 12.5. The summed E-state index contributed by atoms with van der Waals surface area (Å²) >= 11 is 1.57. The average Bonchev–Trinajstić information content (AvgIpc) is 3.44. The van der Waals surface area contributed by atoms with E-state index in [0.717, 1.165) is 29.7 Å². The molecule has 0 saturated heterocycles. The lowest BCUT2D eigenvalue weighted by Crippen LogP contribution is -2.50. The van der Waals surface area contributed by atoms with Crippen molar-refractivity contribution < 1.29 is 14.6 Å². The molecule has 0 bridgehead atoms. The van der Waals surface area contributed by atoms with E-state index in [4.69, 9.17) is 9.47 Å². The molecule has 1 N–H and O–H groups in total. The van der Waals surface area contributed by atoms with Gasteiger partial charge in [-0.1, -0.05) is 44.1 Å². The third-order valence-electron chi connectivity index (χ3n) is 9.79. The summed E-state index contributed by atoms with van der Waals surface area (Å²) in [5.74, 6) is 2.35. The number of aliphatic hydroxyl groups excluding tert-OH is 1. The molecule has 5 rings (SSSR count). The van der Waals surface area contributed by atoms with Crippen molar-refractivity contribution in [3.63, 3.8) is 0 Å². The first-order chi connectivity index (χ1) is 15.4. The van der Waals surface area contributed by atoms with Crippen molar-refractivity contribution in [3.8, 4) is 0 Å². The van der Waals surface area contributed by atoms with Gasteiger partial charge in [0.15, 0.2) is 0 Å². The number of hydrogen-bond acceptors (Lipinski definition) is 5. The van der Waals surface area contributed by atoms with Crippen molar-refractivity contribution in [1.82, 2.24) is 4.98 Å². The van der Waals surface area contributed by atoms with Crippen LogP contribution in [-0.4, -0.2) is 30.1 Å². The SMILES string of the molecule is COCO[C@H]1CC[C@@]2(C)C(=CC[C@@H]3[C@@H]2CC[C@]2(C)C([C@H](C)[C@@H](O)c4nccs4)=CC[C@@H]32)C1. The Morgan fingerprint density at radius 2 is 1.97 bits per heavy atom. The van der Waals surface area contributed by atoms with Crippen molar-refractivity contribution in [2.45, 2.75) is 77.9 Å². The van der Waals surface area contributed by atoms with Gasteiger partial charge in [0.1, 0.15) is 17.9 Å². The highest BCUT2D eigenvalue weighted by molar-refractivity contribution is 7.09. The predicted octanol–water partition coefficient (Wildman–Crippen LogP) is 6.30. The molecule has 5 heteroatoms. The van der Waals surface area contributed by atoms with Gasteiger partial charge in [0.25, 0.3) is 0 Å². The summed E-state index contributed by atoms with van der Waals surface area (Å²) in [7, 11) is 1.71. The van der Waals surface area contributed by atoms with Crippen LogP contribution in [0.4, 0.5) is 0 Å². The van der Waals surface area contributed by atoms with Crippen molar-refractivity contribution in [2.24, 2.45) is 34.5 Å². The highest BCUT2D eigenvalue weighted by atomic mass is 32.1. The first kappa shape index (κ1) is 22.8. The van der Waals surface area contributed by atoms with E-state index in [0.29, 0.717) is 24.2 Å². The summed E-state index contributed by atoms with van der Waals surface area (Å²) in [6.45, 7) is 7.65. The Morgan fingerprint density at radius 3 is 2.72 bits per heavy atom. The number of rotatable bonds is 6. The lowest BCUT2D eigenvalue weighted by Gasteiger charge is -2.58. The number of hydrogen-bond donors (Lipinski definition) is 1. The lowest BCUT2D eigenvalue weighted by molar-refractivity contribution is -0.0949. The summed E-state index contributed by atoms with van der Waals surface area (Å²) in [6, 6.07) is 0. The number of allylic oxidation sites excluding steroid dienone is 2. The van der Waals surface area contributed by atoms with Gasteiger partial charge < -0.3 is 14.6 Å². The Bertz CT molecular complexity index is 879. The van der Waals surface area contributed by atoms with E-state index in [1.54, 1.807) is 30.2 Å². The molecule has 4 aliphatic carbocycles. The minimum Gasteiger partial charge on any atom is -0.385 e. The number of ether oxygens (including phenoxy) is 2. The molecule has 1 heterocycles. The Morgan fingerprint density at radius 1 is 1.16 bits per heavy atom. The molecule has 8 atom stereocenters. The first-order valence-corrected chi connectivity index (χ1v) is 13.3. The summed E-state index contributed by atoms with van der Waals surface area (Å²) in [4.78, 5) is 4.40. The number of nitrogens with zero attached hydrogens (tertiary/aromatic N) is 1. The van der Waals surface area contributed by atoms with E-state index < -0.39 is 6.10 Å². The van der Waals surface area contributed by atoms with E-state index >= 15 is 0 Å². The highest BCUT2D eigenvalue weighted by Crippen LogP contribution is 2.66. The van der Waals surface area contributed by atoms with Gasteiger partial charge in [-0.3, -0.25) is 0 Å². The molecule has 0 radical (unpaired) electrons. The zero-order valence-electron chi connectivity index (χ0n) is 20.0. The molecule has 0 aliphatic heterocycles. The van der Waals surface area contributed by atoms with Gasteiger partial charge in [0.05, 0.1) is 6.10 Å². The molecule has 0 aromatic carbocycles. The Hall–Kier alpha value is -1.01. The zero-order valence-corrected chi connectivity index (χ0v) is 20.9. The molecule has 0 amide bonds. The van der Waals surface area contributed by atoms with Crippen molar-refractivity contribution in [2.75, 3.05) is 13.9 Å². The van der Waals surface area contributed by atoms with Crippen molar-refractivity contribution >= 4 is 11.3 Å². The van der Waals surface area contributed by atoms with Crippen LogP contribution in [0.1, 0.15) is 76.8 Å². The summed E-state index contributed by atoms with van der Waals surface area (Å²) in [5, 5.41) is 13.8. The lowest BCUT2D eigenvalue weighted by atomic mass is 9.47. The van der Waals surface area contributed by atoms with Gasteiger partial charge in [0.2, 0.25) is 0 Å². The van der Waals surface area contributed by atoms with Crippen LogP contribution < -0.4 is 0 Å². The maximum Gasteiger partial charge on any atom is 0.146 e. The fourth-order valence-corrected chi connectivity index (χ4v) is 8.73. The smallest absolute Gasteiger partial charge is 0.146 e. The van der Waals surface area contributed by atoms with Crippen LogP contribution in [0.25, 0.3) is 0 Å². The van der Waals surface area contributed by atoms with Crippen molar-refractivity contribution in [1.29, 1.82) is 0 Å². The molecule has 1 aromatic rings. The van der Waals surface area contributed by atoms with Crippen LogP contribution in [-0.2, 0) is 9.47 Å². The largest absolute Gasteiger partial charge is 0.385 e. The van der Waals surface area contributed by atoms with Gasteiger partial charge in [-0.05, 0) is 73.5 Å². The Balaban J connectivity index is 1.34. The van der Waals surface area contributed by atoms with Gasteiger partial charge >= 0.3 is 0 Å². The second kappa shape index (κ2) is 8.65. The van der Waals surface area contributed by atoms with E-state index in [9.17, 15) is 5.11 Å². The quantitative estimate of drug-likeness (QED) is 0.402. The molecule has 176 valence electrons. The van der Waals surface area contributed by atoms with Crippen LogP contribution >= 0.6 is 11.3 Å². The fourth-order valence-electron chi connectivity index (χ4n) is 8.00. The molecule has 4 aliphatic rings. The minimum atomic E-state index is -0.493. The van der Waals surface area contributed by atoms with Gasteiger partial charge in [0, 0.05) is 24.6 Å². The second-order valence-corrected chi connectivity index (χ2v) is 12.1. The molecule has 2 fully saturated rings. The van der Waals surface area contributed by atoms with Gasteiger partial charge in [-0.2, -0.15) is 0 Å². The van der Waals surface area contributed by atoms with Crippen LogP contribution in [0.5, 0.6) is 0 Å². The number of thiazole rings is 1. The third kappa shape index (κ3) is 3.55. The number of methoxy groups -OCH3 is 1. The normalized spacial score (nSPS) is 40.5. The van der Waals surface area contributed by atoms with E-state index in [-0.39, 0.29) is 11.3 Å². The van der Waals surface area contributed by atoms with E-state index in [1.807, 2.05) is 5.38 Å². The molecule has 32 heavy (non-hydrogen) atoms. The molecule has 1 aromatic heterocycles. The monoisotopic (exact) mass is 457 g/mol. The minimum absolute atomic E-state index is 0.131. The van der Waals surface area contributed by atoms with Crippen LogP contribution in [0.3, 0.4) is 0 Å². The number of fused-ring (bicyclic) bond motifs is 5. The summed E-state index contributed by atoms with van der Waals surface area (Å²) in [5.41, 5.74) is 3.67. The zero-order chi connectivity index (χ0) is 22.5. The van der Waals surface area contributed by atoms with Gasteiger partial charge in [-0.25, -0.2) is 4.98 Å². The third-order valence-corrected chi connectivity index (χ3v) is 10.6. The van der Waals surface area contributed by atoms with Crippen molar-refractivity contribution in [3.05, 3.63) is 39.9 Å². The summed E-state index contributed by atoms with van der Waals surface area (Å²) in [6.07, 6.45) is 15.1. The van der Waals surface area contributed by atoms with E-state index in [1.165, 1.54) is 37.7 Å². The molecule has 0 unspecified atom stereocenters. The maximum absolute atomic E-state index is 11.0. The Labute approximate surface area is 197 Å². The Kier molecular flexibility index (Phi) is 6.15. The maximum atomic E-state index is 11.0. The topological polar surface area (TPSA) is 51.6 Å². The highest BCUT2D eigenvalue weighted by Gasteiger charge is 2.57. The fraction of sp³-hybridized carbons (Fsp3) is 0.741. The number of aliphatic hydroxyl groups is 1. The molecule has 2 saturated carbocycles. The molecule has 0 spiro atoms. The van der Waals surface area contributed by atoms with E-state index in [2.05, 4.69) is 37.9 Å². The molecular formula is C27H39NO3S. The molecule has 4 nitrogen and oxygen atoms in total. The van der Waals surface area contributed by atoms with Crippen LogP contribution in [0.2, 0.25) is 0 Å². The number of aromatic nitrogens is 1. The average molecular weight is 458 g/mol. The predicted molar refractivity (Wildman–Crippen MR) is 128 cm³/mol. The second-order valence-electron chi connectivity index (χ2n) is 11.2. The van der Waals surface area contributed by atoms with Gasteiger partial charge in [-0.15, -0.1) is 11.3 Å². The summed E-state index contributed by atoms with van der Waals surface area (Å²) < 4.78 is 11.1. The van der Waals surface area contributed by atoms with Crippen LogP contribution in [0.15, 0.2) is 34.9 Å².